The fraction of sp³-hybridized carbons (Fsp3) is 0.0714. The number of nitrogen functional groups attached to an aromatic ring is 1. The Morgan fingerprint density at radius 2 is 2.00 bits per heavy atom. The van der Waals surface area contributed by atoms with Crippen LogP contribution in [0, 0.1) is 5.82 Å². The van der Waals surface area contributed by atoms with Crippen LogP contribution < -0.4 is 5.73 Å². The predicted octanol–water partition coefficient (Wildman–Crippen LogP) is 3.79. The van der Waals surface area contributed by atoms with Crippen molar-refractivity contribution in [1.82, 2.24) is 4.98 Å². The average molecular weight is 277 g/mol. The SMILES string of the molecule is Nc1cccc2oc(Cc3c(F)cccc3Cl)nc12. The van der Waals surface area contributed by atoms with Crippen LogP contribution in [0.1, 0.15) is 11.5 Å². The number of nitrogens with two attached hydrogens (primary N) is 1. The predicted molar refractivity (Wildman–Crippen MR) is 72.6 cm³/mol. The number of oxazole rings is 1. The summed E-state index contributed by atoms with van der Waals surface area (Å²) in [5, 5.41) is 0.357. The lowest BCUT2D eigenvalue weighted by atomic mass is 10.1. The van der Waals surface area contributed by atoms with Gasteiger partial charge in [-0.05, 0) is 24.3 Å². The quantitative estimate of drug-likeness (QED) is 0.725. The molecule has 0 saturated heterocycles. The molecule has 0 saturated carbocycles. The molecule has 3 aromatic rings. The van der Waals surface area contributed by atoms with Crippen LogP contribution in [0.25, 0.3) is 11.1 Å². The maximum atomic E-state index is 13.7. The topological polar surface area (TPSA) is 52.0 Å². The average Bonchev–Trinajstić information content (AvgIpc) is 2.78. The first-order valence-electron chi connectivity index (χ1n) is 5.72. The highest BCUT2D eigenvalue weighted by atomic mass is 35.5. The Balaban J connectivity index is 2.04. The van der Waals surface area contributed by atoms with E-state index in [9.17, 15) is 4.39 Å². The fourth-order valence-electron chi connectivity index (χ4n) is 1.94. The molecular formula is C14H10ClFN2O. The molecule has 0 aliphatic rings. The smallest absolute Gasteiger partial charge is 0.200 e. The lowest BCUT2D eigenvalue weighted by Gasteiger charge is -2.02. The normalized spacial score (nSPS) is 11.1. The minimum atomic E-state index is -0.372. The van der Waals surface area contributed by atoms with Gasteiger partial charge in [0, 0.05) is 10.6 Å². The van der Waals surface area contributed by atoms with Gasteiger partial charge in [-0.15, -0.1) is 0 Å². The highest BCUT2D eigenvalue weighted by Crippen LogP contribution is 2.26. The van der Waals surface area contributed by atoms with E-state index in [1.165, 1.54) is 6.07 Å². The molecule has 3 nitrogen and oxygen atoms in total. The maximum absolute atomic E-state index is 13.7. The van der Waals surface area contributed by atoms with Crippen LogP contribution in [0.3, 0.4) is 0 Å². The molecule has 0 amide bonds. The Labute approximate surface area is 113 Å². The number of hydrogen-bond acceptors (Lipinski definition) is 3. The van der Waals surface area contributed by atoms with Crippen molar-refractivity contribution in [2.45, 2.75) is 6.42 Å². The van der Waals surface area contributed by atoms with Gasteiger partial charge in [-0.25, -0.2) is 9.37 Å². The number of benzene rings is 2. The van der Waals surface area contributed by atoms with Crippen molar-refractivity contribution in [2.75, 3.05) is 5.73 Å². The molecule has 0 fully saturated rings. The minimum Gasteiger partial charge on any atom is -0.440 e. The molecule has 0 bridgehead atoms. The number of halogens is 2. The third kappa shape index (κ3) is 2.15. The van der Waals surface area contributed by atoms with Gasteiger partial charge in [0.1, 0.15) is 11.3 Å². The number of aromatic nitrogens is 1. The summed E-state index contributed by atoms with van der Waals surface area (Å²) < 4.78 is 19.2. The summed E-state index contributed by atoms with van der Waals surface area (Å²) in [7, 11) is 0. The summed E-state index contributed by atoms with van der Waals surface area (Å²) in [4.78, 5) is 4.27. The molecule has 0 aliphatic carbocycles. The van der Waals surface area contributed by atoms with Crippen LogP contribution in [0.5, 0.6) is 0 Å². The Bertz CT molecular complexity index is 734. The second-order valence-corrected chi connectivity index (χ2v) is 4.59. The lowest BCUT2D eigenvalue weighted by molar-refractivity contribution is 0.534. The second kappa shape index (κ2) is 4.55. The van der Waals surface area contributed by atoms with Gasteiger partial charge in [0.25, 0.3) is 0 Å². The Morgan fingerprint density at radius 1 is 1.21 bits per heavy atom. The molecule has 0 radical (unpaired) electrons. The summed E-state index contributed by atoms with van der Waals surface area (Å²) in [6.07, 6.45) is 0.194. The number of fused-ring (bicyclic) bond motifs is 1. The summed E-state index contributed by atoms with van der Waals surface area (Å²) in [5.41, 5.74) is 7.88. The zero-order valence-corrected chi connectivity index (χ0v) is 10.6. The lowest BCUT2D eigenvalue weighted by Crippen LogP contribution is -1.94. The van der Waals surface area contributed by atoms with E-state index >= 15 is 0 Å². The summed E-state index contributed by atoms with van der Waals surface area (Å²) in [5.74, 6) is 0.0163. The molecule has 2 aromatic carbocycles. The van der Waals surface area contributed by atoms with Crippen molar-refractivity contribution >= 4 is 28.4 Å². The van der Waals surface area contributed by atoms with Crippen molar-refractivity contribution in [3.05, 3.63) is 58.7 Å². The largest absolute Gasteiger partial charge is 0.440 e. The van der Waals surface area contributed by atoms with Gasteiger partial charge < -0.3 is 10.2 Å². The molecule has 5 heteroatoms. The molecular weight excluding hydrogens is 267 g/mol. The van der Waals surface area contributed by atoms with Gasteiger partial charge >= 0.3 is 0 Å². The third-order valence-electron chi connectivity index (χ3n) is 2.88. The van der Waals surface area contributed by atoms with Crippen molar-refractivity contribution in [3.63, 3.8) is 0 Å². The first-order valence-corrected chi connectivity index (χ1v) is 6.10. The number of para-hydroxylation sites is 1. The summed E-state index contributed by atoms with van der Waals surface area (Å²) >= 11 is 5.98. The molecule has 1 aromatic heterocycles. The van der Waals surface area contributed by atoms with E-state index in [1.54, 1.807) is 30.3 Å². The molecule has 19 heavy (non-hydrogen) atoms. The monoisotopic (exact) mass is 276 g/mol. The fourth-order valence-corrected chi connectivity index (χ4v) is 2.17. The first kappa shape index (κ1) is 12.0. The number of nitrogens with zero attached hydrogens (tertiary/aromatic N) is 1. The van der Waals surface area contributed by atoms with Crippen molar-refractivity contribution in [3.8, 4) is 0 Å². The van der Waals surface area contributed by atoms with Crippen LogP contribution in [0.15, 0.2) is 40.8 Å². The van der Waals surface area contributed by atoms with E-state index in [0.29, 0.717) is 33.3 Å². The minimum absolute atomic E-state index is 0.194. The van der Waals surface area contributed by atoms with Crippen molar-refractivity contribution in [2.24, 2.45) is 0 Å². The number of anilines is 1. The standard InChI is InChI=1S/C14H10ClFN2O/c15-9-3-1-4-10(16)8(9)7-13-18-14-11(17)5-2-6-12(14)19-13/h1-6H,7,17H2. The Kier molecular flexibility index (Phi) is 2.87. The molecule has 96 valence electrons. The highest BCUT2D eigenvalue weighted by Gasteiger charge is 2.13. The van der Waals surface area contributed by atoms with Crippen molar-refractivity contribution < 1.29 is 8.81 Å². The van der Waals surface area contributed by atoms with Crippen LogP contribution in [-0.2, 0) is 6.42 Å². The molecule has 3 rings (SSSR count). The number of rotatable bonds is 2. The Hall–Kier alpha value is -2.07. The Morgan fingerprint density at radius 3 is 2.74 bits per heavy atom. The van der Waals surface area contributed by atoms with E-state index in [4.69, 9.17) is 21.8 Å². The van der Waals surface area contributed by atoms with Gasteiger partial charge in [0.2, 0.25) is 0 Å². The van der Waals surface area contributed by atoms with Crippen LogP contribution in [0.4, 0.5) is 10.1 Å². The zero-order chi connectivity index (χ0) is 13.4. The van der Waals surface area contributed by atoms with E-state index in [1.807, 2.05) is 0 Å². The summed E-state index contributed by atoms with van der Waals surface area (Å²) in [6.45, 7) is 0. The molecule has 0 spiro atoms. The zero-order valence-electron chi connectivity index (χ0n) is 9.86. The molecule has 2 N–H and O–H groups in total. The van der Waals surface area contributed by atoms with Gasteiger partial charge in [-0.1, -0.05) is 23.7 Å². The molecule has 0 atom stereocenters. The molecule has 0 unspecified atom stereocenters. The van der Waals surface area contributed by atoms with E-state index < -0.39 is 0 Å². The maximum Gasteiger partial charge on any atom is 0.200 e. The van der Waals surface area contributed by atoms with E-state index in [-0.39, 0.29) is 12.2 Å². The van der Waals surface area contributed by atoms with Gasteiger partial charge in [0.05, 0.1) is 12.1 Å². The van der Waals surface area contributed by atoms with Crippen LogP contribution in [-0.4, -0.2) is 4.98 Å². The van der Waals surface area contributed by atoms with Crippen molar-refractivity contribution in [1.29, 1.82) is 0 Å². The second-order valence-electron chi connectivity index (χ2n) is 4.18. The van der Waals surface area contributed by atoms with Gasteiger partial charge in [0.15, 0.2) is 11.5 Å². The van der Waals surface area contributed by atoms with Crippen LogP contribution >= 0.6 is 11.6 Å². The third-order valence-corrected chi connectivity index (χ3v) is 3.24. The van der Waals surface area contributed by atoms with Gasteiger partial charge in [-0.3, -0.25) is 0 Å². The van der Waals surface area contributed by atoms with E-state index in [0.717, 1.165) is 0 Å². The molecule has 1 heterocycles. The number of hydrogen-bond donors (Lipinski definition) is 1. The summed E-state index contributed by atoms with van der Waals surface area (Å²) in [6, 6.07) is 9.85. The van der Waals surface area contributed by atoms with Gasteiger partial charge in [-0.2, -0.15) is 0 Å². The van der Waals surface area contributed by atoms with E-state index in [2.05, 4.69) is 4.98 Å². The molecule has 0 aliphatic heterocycles. The van der Waals surface area contributed by atoms with Crippen LogP contribution in [0.2, 0.25) is 5.02 Å². The highest BCUT2D eigenvalue weighted by molar-refractivity contribution is 6.31. The first-order chi connectivity index (χ1) is 9.15.